The normalized spacial score (nSPS) is 14.6. The molecule has 230 valence electrons. The van der Waals surface area contributed by atoms with Gasteiger partial charge >= 0.3 is 0 Å². The molecule has 48 heavy (non-hydrogen) atoms. The van der Waals surface area contributed by atoms with Crippen LogP contribution in [0.3, 0.4) is 0 Å². The van der Waals surface area contributed by atoms with Gasteiger partial charge in [-0.25, -0.2) is 14.4 Å². The molecular formula is C42H29FN4S. The minimum atomic E-state index is -1.37. The maximum absolute atomic E-state index is 17.6. The van der Waals surface area contributed by atoms with Crippen molar-refractivity contribution < 1.29 is 4.39 Å². The summed E-state index contributed by atoms with van der Waals surface area (Å²) in [5.74, 6) is 0.807. The lowest BCUT2D eigenvalue weighted by molar-refractivity contribution is 0.405. The SMILES string of the molecule is CC1(C)c2ccccc2N(c2ccccn2)c2cc(C(F)c3ccc4c5ccccc5n5ccnc5c4c3)c3sc4ccccc4c3c21. The van der Waals surface area contributed by atoms with Gasteiger partial charge in [-0.3, -0.25) is 9.30 Å². The van der Waals surface area contributed by atoms with Crippen molar-refractivity contribution in [3.8, 4) is 0 Å². The number of imidazole rings is 1. The molecule has 0 amide bonds. The second-order valence-electron chi connectivity index (χ2n) is 13.1. The Morgan fingerprint density at radius 3 is 2.38 bits per heavy atom. The highest BCUT2D eigenvalue weighted by molar-refractivity contribution is 7.26. The predicted octanol–water partition coefficient (Wildman–Crippen LogP) is 11.6. The van der Waals surface area contributed by atoms with E-state index < -0.39 is 6.17 Å². The summed E-state index contributed by atoms with van der Waals surface area (Å²) in [6, 6.07) is 39.5. The summed E-state index contributed by atoms with van der Waals surface area (Å²) < 4.78 is 21.9. The Hall–Kier alpha value is -5.59. The van der Waals surface area contributed by atoms with Crippen molar-refractivity contribution in [3.63, 3.8) is 0 Å². The van der Waals surface area contributed by atoms with E-state index in [0.717, 1.165) is 64.7 Å². The second-order valence-corrected chi connectivity index (χ2v) is 14.2. The fraction of sp³-hybridized carbons (Fsp3) is 0.0952. The van der Waals surface area contributed by atoms with E-state index in [2.05, 4.69) is 102 Å². The van der Waals surface area contributed by atoms with Crippen LogP contribution in [0.4, 0.5) is 21.6 Å². The lowest BCUT2D eigenvalue weighted by Crippen LogP contribution is -2.31. The van der Waals surface area contributed by atoms with E-state index in [1.165, 1.54) is 11.1 Å². The molecule has 5 aromatic carbocycles. The number of hydrogen-bond acceptors (Lipinski definition) is 4. The number of para-hydroxylation sites is 2. The van der Waals surface area contributed by atoms with Gasteiger partial charge in [0, 0.05) is 60.5 Å². The third kappa shape index (κ3) is 3.69. The molecule has 0 aliphatic carbocycles. The average molecular weight is 641 g/mol. The van der Waals surface area contributed by atoms with E-state index in [9.17, 15) is 0 Å². The van der Waals surface area contributed by atoms with Crippen LogP contribution in [0.25, 0.3) is 47.5 Å². The van der Waals surface area contributed by atoms with Gasteiger partial charge in [0.05, 0.1) is 16.9 Å². The monoisotopic (exact) mass is 640 g/mol. The molecule has 4 aromatic heterocycles. The molecule has 0 spiro atoms. The Balaban J connectivity index is 1.28. The van der Waals surface area contributed by atoms with Gasteiger partial charge < -0.3 is 0 Å². The number of pyridine rings is 2. The lowest BCUT2D eigenvalue weighted by atomic mass is 9.71. The van der Waals surface area contributed by atoms with Gasteiger partial charge in [-0.15, -0.1) is 11.3 Å². The fourth-order valence-corrected chi connectivity index (χ4v) is 9.27. The summed E-state index contributed by atoms with van der Waals surface area (Å²) >= 11 is 1.68. The van der Waals surface area contributed by atoms with Crippen LogP contribution in [-0.2, 0) is 5.41 Å². The predicted molar refractivity (Wildman–Crippen MR) is 197 cm³/mol. The molecule has 0 bridgehead atoms. The van der Waals surface area contributed by atoms with Crippen molar-refractivity contribution in [1.82, 2.24) is 14.4 Å². The molecule has 1 atom stereocenters. The number of aromatic nitrogens is 3. The maximum atomic E-state index is 17.6. The van der Waals surface area contributed by atoms with E-state index >= 15 is 4.39 Å². The first-order valence-corrected chi connectivity index (χ1v) is 17.0. The molecule has 6 heteroatoms. The Morgan fingerprint density at radius 2 is 1.50 bits per heavy atom. The van der Waals surface area contributed by atoms with E-state index in [0.29, 0.717) is 11.1 Å². The number of alkyl halides is 1. The van der Waals surface area contributed by atoms with Gasteiger partial charge in [0.1, 0.15) is 11.5 Å². The number of thiophene rings is 1. The Morgan fingerprint density at radius 1 is 0.708 bits per heavy atom. The first-order valence-electron chi connectivity index (χ1n) is 16.2. The smallest absolute Gasteiger partial charge is 0.152 e. The fourth-order valence-electron chi connectivity index (χ4n) is 8.03. The molecule has 0 fully saturated rings. The minimum absolute atomic E-state index is 0.347. The topological polar surface area (TPSA) is 33.4 Å². The lowest BCUT2D eigenvalue weighted by Gasteiger charge is -2.42. The van der Waals surface area contributed by atoms with Crippen molar-refractivity contribution in [2.45, 2.75) is 25.4 Å². The average Bonchev–Trinajstić information content (AvgIpc) is 3.78. The van der Waals surface area contributed by atoms with Crippen molar-refractivity contribution in [3.05, 3.63) is 156 Å². The first kappa shape index (κ1) is 27.5. The quantitative estimate of drug-likeness (QED) is 0.180. The number of rotatable bonds is 3. The maximum Gasteiger partial charge on any atom is 0.152 e. The highest BCUT2D eigenvalue weighted by Gasteiger charge is 2.40. The number of fused-ring (bicyclic) bond motifs is 12. The third-order valence-corrected chi connectivity index (χ3v) is 11.4. The molecular weight excluding hydrogens is 612 g/mol. The number of hydrogen-bond donors (Lipinski definition) is 0. The Bertz CT molecular complexity index is 2740. The van der Waals surface area contributed by atoms with E-state index in [1.807, 2.05) is 55.0 Å². The van der Waals surface area contributed by atoms with Gasteiger partial charge in [-0.2, -0.15) is 0 Å². The zero-order chi connectivity index (χ0) is 32.1. The molecule has 4 nitrogen and oxygen atoms in total. The van der Waals surface area contributed by atoms with Crippen molar-refractivity contribution in [2.24, 2.45) is 0 Å². The molecule has 1 aliphatic rings. The summed E-state index contributed by atoms with van der Waals surface area (Å²) in [6.45, 7) is 4.59. The van der Waals surface area contributed by atoms with Crippen LogP contribution >= 0.6 is 11.3 Å². The Labute approximate surface area is 280 Å². The molecule has 1 aliphatic heterocycles. The van der Waals surface area contributed by atoms with Gasteiger partial charge in [-0.1, -0.05) is 86.6 Å². The van der Waals surface area contributed by atoms with Crippen LogP contribution in [0.1, 0.15) is 42.3 Å². The zero-order valence-corrected chi connectivity index (χ0v) is 27.2. The molecule has 1 unspecified atom stereocenters. The molecule has 0 saturated heterocycles. The number of nitrogens with zero attached hydrogens (tertiary/aromatic N) is 4. The first-order chi connectivity index (χ1) is 23.5. The molecule has 0 saturated carbocycles. The summed E-state index contributed by atoms with van der Waals surface area (Å²) in [4.78, 5) is 11.8. The molecule has 0 N–H and O–H groups in total. The number of benzene rings is 5. The van der Waals surface area contributed by atoms with Crippen molar-refractivity contribution >= 4 is 76.0 Å². The van der Waals surface area contributed by atoms with Gasteiger partial charge in [0.25, 0.3) is 0 Å². The van der Waals surface area contributed by atoms with Crippen LogP contribution in [-0.4, -0.2) is 14.4 Å². The van der Waals surface area contributed by atoms with Crippen molar-refractivity contribution in [2.75, 3.05) is 4.90 Å². The van der Waals surface area contributed by atoms with Crippen molar-refractivity contribution in [1.29, 1.82) is 0 Å². The third-order valence-electron chi connectivity index (χ3n) is 10.2. The molecule has 5 heterocycles. The van der Waals surface area contributed by atoms with Gasteiger partial charge in [-0.05, 0) is 64.5 Å². The number of anilines is 3. The van der Waals surface area contributed by atoms with Crippen LogP contribution in [0.15, 0.2) is 134 Å². The summed E-state index contributed by atoms with van der Waals surface area (Å²) in [5, 5.41) is 5.40. The van der Waals surface area contributed by atoms with E-state index in [1.54, 1.807) is 11.3 Å². The summed E-state index contributed by atoms with van der Waals surface area (Å²) in [5.41, 5.74) is 7.29. The minimum Gasteiger partial charge on any atom is -0.299 e. The van der Waals surface area contributed by atoms with Crippen LogP contribution in [0.2, 0.25) is 0 Å². The molecule has 9 aromatic rings. The number of halogens is 1. The van der Waals surface area contributed by atoms with E-state index in [-0.39, 0.29) is 5.41 Å². The van der Waals surface area contributed by atoms with Gasteiger partial charge in [0.15, 0.2) is 6.17 Å². The summed E-state index contributed by atoms with van der Waals surface area (Å²) in [7, 11) is 0. The Kier molecular flexibility index (Phi) is 5.71. The highest BCUT2D eigenvalue weighted by Crippen LogP contribution is 2.57. The van der Waals surface area contributed by atoms with Crippen LogP contribution < -0.4 is 4.90 Å². The van der Waals surface area contributed by atoms with Crippen LogP contribution in [0, 0.1) is 0 Å². The zero-order valence-electron chi connectivity index (χ0n) is 26.4. The second kappa shape index (κ2) is 9.96. The largest absolute Gasteiger partial charge is 0.299 e. The van der Waals surface area contributed by atoms with E-state index in [4.69, 9.17) is 9.97 Å². The molecule has 0 radical (unpaired) electrons. The van der Waals surface area contributed by atoms with Crippen LogP contribution in [0.5, 0.6) is 0 Å². The molecule has 10 rings (SSSR count). The van der Waals surface area contributed by atoms with Gasteiger partial charge in [0.2, 0.25) is 0 Å². The standard InChI is InChI=1S/C42H29FN4S/c1-42(2)31-13-5-7-15-33(31)47(36-17-9-10-20-44-36)34-24-30(40-37(38(34)42)28-12-4-8-16-35(28)48-40)39(43)25-18-19-26-27-11-3-6-14-32(27)46-22-21-45-41(46)29(26)23-25/h3-24,39H,1-2H3. The highest BCUT2D eigenvalue weighted by atomic mass is 32.1. The summed E-state index contributed by atoms with van der Waals surface area (Å²) in [6.07, 6.45) is 4.25.